The van der Waals surface area contributed by atoms with Gasteiger partial charge in [-0.05, 0) is 49.8 Å². The molecule has 20 heavy (non-hydrogen) atoms. The fraction of sp³-hybridized carbons (Fsp3) is 0.600. The molecular formula is C15H24BNO3. The molecular weight excluding hydrogens is 253 g/mol. The molecule has 1 aromatic carbocycles. The van der Waals surface area contributed by atoms with Crippen molar-refractivity contribution in [1.29, 1.82) is 0 Å². The molecule has 2 rings (SSSR count). The summed E-state index contributed by atoms with van der Waals surface area (Å²) in [6.45, 7) is 7.37. The Kier molecular flexibility index (Phi) is 5.46. The van der Waals surface area contributed by atoms with Crippen molar-refractivity contribution in [3.8, 4) is 5.75 Å². The first-order valence-electron chi connectivity index (χ1n) is 7.39. The number of rotatable bonds is 5. The second-order valence-corrected chi connectivity index (χ2v) is 5.81. The van der Waals surface area contributed by atoms with E-state index < -0.39 is 7.12 Å². The summed E-state index contributed by atoms with van der Waals surface area (Å²) in [5, 5.41) is 18.0. The zero-order valence-electron chi connectivity index (χ0n) is 12.3. The van der Waals surface area contributed by atoms with Crippen molar-refractivity contribution in [1.82, 2.24) is 4.90 Å². The number of piperidine rings is 1. The zero-order valence-corrected chi connectivity index (χ0v) is 12.3. The van der Waals surface area contributed by atoms with Gasteiger partial charge >= 0.3 is 7.12 Å². The van der Waals surface area contributed by atoms with E-state index in [4.69, 9.17) is 14.8 Å². The van der Waals surface area contributed by atoms with Crippen LogP contribution >= 0.6 is 0 Å². The molecule has 1 aliphatic rings. The first-order chi connectivity index (χ1) is 9.56. The van der Waals surface area contributed by atoms with Gasteiger partial charge in [0.2, 0.25) is 0 Å². The van der Waals surface area contributed by atoms with Crippen LogP contribution in [0.2, 0.25) is 0 Å². The minimum atomic E-state index is -1.42. The number of benzene rings is 1. The molecule has 0 spiro atoms. The lowest BCUT2D eigenvalue weighted by Gasteiger charge is -2.36. The van der Waals surface area contributed by atoms with Gasteiger partial charge in [-0.25, -0.2) is 0 Å². The van der Waals surface area contributed by atoms with Gasteiger partial charge in [0.15, 0.2) is 0 Å². The number of hydrogen-bond acceptors (Lipinski definition) is 4. The third-order valence-corrected chi connectivity index (χ3v) is 4.10. The fourth-order valence-electron chi connectivity index (χ4n) is 2.80. The van der Waals surface area contributed by atoms with E-state index in [0.29, 0.717) is 18.1 Å². The molecule has 1 saturated heterocycles. The van der Waals surface area contributed by atoms with Crippen LogP contribution in [-0.2, 0) is 0 Å². The first kappa shape index (κ1) is 15.4. The number of likely N-dealkylation sites (tertiary alicyclic amines) is 1. The fourth-order valence-corrected chi connectivity index (χ4v) is 2.80. The minimum Gasteiger partial charge on any atom is -0.492 e. The first-order valence-corrected chi connectivity index (χ1v) is 7.39. The zero-order chi connectivity index (χ0) is 14.5. The molecule has 1 aliphatic heterocycles. The molecule has 0 radical (unpaired) electrons. The summed E-state index contributed by atoms with van der Waals surface area (Å²) in [6.07, 6.45) is 2.54. The molecule has 110 valence electrons. The van der Waals surface area contributed by atoms with E-state index in [1.165, 1.54) is 12.8 Å². The van der Waals surface area contributed by atoms with Gasteiger partial charge in [-0.1, -0.05) is 19.1 Å². The normalized spacial score (nSPS) is 23.6. The van der Waals surface area contributed by atoms with Gasteiger partial charge < -0.3 is 14.8 Å². The highest BCUT2D eigenvalue weighted by Crippen LogP contribution is 2.21. The van der Waals surface area contributed by atoms with Crippen LogP contribution < -0.4 is 10.2 Å². The van der Waals surface area contributed by atoms with Crippen molar-refractivity contribution in [2.45, 2.75) is 32.7 Å². The number of nitrogens with zero attached hydrogens (tertiary/aromatic N) is 1. The van der Waals surface area contributed by atoms with Crippen molar-refractivity contribution in [3.63, 3.8) is 0 Å². The monoisotopic (exact) mass is 277 g/mol. The molecule has 2 N–H and O–H groups in total. The second-order valence-electron chi connectivity index (χ2n) is 5.81. The van der Waals surface area contributed by atoms with Gasteiger partial charge in [0.1, 0.15) is 12.4 Å². The van der Waals surface area contributed by atoms with E-state index in [-0.39, 0.29) is 0 Å². The summed E-state index contributed by atoms with van der Waals surface area (Å²) in [5.41, 5.74) is 0.482. The molecule has 0 saturated carbocycles. The summed E-state index contributed by atoms with van der Waals surface area (Å²) < 4.78 is 5.71. The van der Waals surface area contributed by atoms with Gasteiger partial charge in [-0.2, -0.15) is 0 Å². The number of ether oxygens (including phenoxy) is 1. The molecule has 0 aromatic heterocycles. The van der Waals surface area contributed by atoms with Crippen LogP contribution in [0.4, 0.5) is 0 Å². The van der Waals surface area contributed by atoms with Crippen molar-refractivity contribution >= 4 is 12.6 Å². The molecule has 2 unspecified atom stereocenters. The van der Waals surface area contributed by atoms with Crippen molar-refractivity contribution in [2.75, 3.05) is 19.7 Å². The highest BCUT2D eigenvalue weighted by atomic mass is 16.5. The molecule has 0 aliphatic carbocycles. The lowest BCUT2D eigenvalue weighted by atomic mass is 9.80. The van der Waals surface area contributed by atoms with Crippen LogP contribution in [0.25, 0.3) is 0 Å². The van der Waals surface area contributed by atoms with Crippen LogP contribution in [-0.4, -0.2) is 47.8 Å². The van der Waals surface area contributed by atoms with E-state index in [2.05, 4.69) is 18.7 Å². The molecule has 4 nitrogen and oxygen atoms in total. The van der Waals surface area contributed by atoms with Crippen LogP contribution in [0.5, 0.6) is 5.75 Å². The lowest BCUT2D eigenvalue weighted by Crippen LogP contribution is -2.42. The van der Waals surface area contributed by atoms with Crippen molar-refractivity contribution < 1.29 is 14.8 Å². The van der Waals surface area contributed by atoms with Gasteiger partial charge in [0, 0.05) is 12.6 Å². The third kappa shape index (κ3) is 4.23. The Labute approximate surface area is 121 Å². The van der Waals surface area contributed by atoms with Crippen molar-refractivity contribution in [3.05, 3.63) is 24.3 Å². The predicted molar refractivity (Wildman–Crippen MR) is 81.2 cm³/mol. The average Bonchev–Trinajstić information content (AvgIpc) is 2.42. The maximum atomic E-state index is 9.02. The van der Waals surface area contributed by atoms with Crippen LogP contribution in [0.15, 0.2) is 24.3 Å². The van der Waals surface area contributed by atoms with Gasteiger partial charge in [0.05, 0.1) is 0 Å². The Morgan fingerprint density at radius 3 is 2.55 bits per heavy atom. The third-order valence-electron chi connectivity index (χ3n) is 4.10. The maximum Gasteiger partial charge on any atom is 0.488 e. The standard InChI is InChI=1S/C15H24BNO3/c1-12-7-8-17(13(2)11-12)9-10-20-15-5-3-14(4-6-15)16(18)19/h3-6,12-13,18-19H,7-11H2,1-2H3. The smallest absolute Gasteiger partial charge is 0.488 e. The summed E-state index contributed by atoms with van der Waals surface area (Å²) in [5.74, 6) is 1.60. The molecule has 0 amide bonds. The lowest BCUT2D eigenvalue weighted by molar-refractivity contribution is 0.109. The molecule has 1 aromatic rings. The molecule has 1 fully saturated rings. The summed E-state index contributed by atoms with van der Waals surface area (Å²) >= 11 is 0. The SMILES string of the molecule is CC1CCN(CCOc2ccc(B(O)O)cc2)C(C)C1. The predicted octanol–water partition coefficient (Wildman–Crippen LogP) is 0.866. The van der Waals surface area contributed by atoms with Crippen molar-refractivity contribution in [2.24, 2.45) is 5.92 Å². The Bertz CT molecular complexity index is 410. The Hall–Kier alpha value is -1.04. The number of hydrogen-bond donors (Lipinski definition) is 2. The van der Waals surface area contributed by atoms with Gasteiger partial charge in [-0.15, -0.1) is 0 Å². The van der Waals surface area contributed by atoms with Crippen LogP contribution in [0, 0.1) is 5.92 Å². The van der Waals surface area contributed by atoms with Gasteiger partial charge in [0.25, 0.3) is 0 Å². The van der Waals surface area contributed by atoms with Gasteiger partial charge in [-0.3, -0.25) is 4.90 Å². The highest BCUT2D eigenvalue weighted by Gasteiger charge is 2.22. The van der Waals surface area contributed by atoms with Crippen LogP contribution in [0.3, 0.4) is 0 Å². The minimum absolute atomic E-state index is 0.482. The van der Waals surface area contributed by atoms with E-state index >= 15 is 0 Å². The largest absolute Gasteiger partial charge is 0.492 e. The Balaban J connectivity index is 1.75. The van der Waals surface area contributed by atoms with E-state index in [9.17, 15) is 0 Å². The Morgan fingerprint density at radius 2 is 1.95 bits per heavy atom. The molecule has 1 heterocycles. The van der Waals surface area contributed by atoms with E-state index in [0.717, 1.165) is 24.8 Å². The Morgan fingerprint density at radius 1 is 1.25 bits per heavy atom. The van der Waals surface area contributed by atoms with Crippen LogP contribution in [0.1, 0.15) is 26.7 Å². The maximum absolute atomic E-state index is 9.02. The average molecular weight is 277 g/mol. The molecule has 5 heteroatoms. The summed E-state index contributed by atoms with van der Waals surface area (Å²) in [6, 6.07) is 7.53. The van der Waals surface area contributed by atoms with E-state index in [1.54, 1.807) is 24.3 Å². The highest BCUT2D eigenvalue weighted by molar-refractivity contribution is 6.58. The topological polar surface area (TPSA) is 52.9 Å². The molecule has 0 bridgehead atoms. The second kappa shape index (κ2) is 7.11. The summed E-state index contributed by atoms with van der Waals surface area (Å²) in [4.78, 5) is 2.48. The van der Waals surface area contributed by atoms with E-state index in [1.807, 2.05) is 0 Å². The molecule has 2 atom stereocenters. The summed E-state index contributed by atoms with van der Waals surface area (Å²) in [7, 11) is -1.42. The quantitative estimate of drug-likeness (QED) is 0.784.